The molecule has 1 aliphatic rings. The van der Waals surface area contributed by atoms with Crippen molar-refractivity contribution in [2.75, 3.05) is 26.7 Å². The molecule has 0 radical (unpaired) electrons. The first-order valence-electron chi connectivity index (χ1n) is 5.22. The minimum absolute atomic E-state index is 0.111. The number of amides is 2. The second-order valence-corrected chi connectivity index (χ2v) is 4.56. The third kappa shape index (κ3) is 2.18. The van der Waals surface area contributed by atoms with E-state index in [0.29, 0.717) is 6.54 Å². The Bertz CT molecular complexity index is 215. The second kappa shape index (κ2) is 4.17. The summed E-state index contributed by atoms with van der Waals surface area (Å²) in [7, 11) is 1.85. The predicted octanol–water partition coefficient (Wildman–Crippen LogP) is 0.871. The van der Waals surface area contributed by atoms with Crippen LogP contribution in [0.5, 0.6) is 0 Å². The molecule has 14 heavy (non-hydrogen) atoms. The van der Waals surface area contributed by atoms with Crippen LogP contribution in [0.4, 0.5) is 4.79 Å². The molecular formula is C10H21N3O. The maximum atomic E-state index is 11.9. The predicted molar refractivity (Wildman–Crippen MR) is 57.1 cm³/mol. The molecule has 0 saturated carbocycles. The van der Waals surface area contributed by atoms with Crippen LogP contribution >= 0.6 is 0 Å². The number of hydrogen-bond donors (Lipinski definition) is 1. The van der Waals surface area contributed by atoms with Crippen LogP contribution in [0, 0.1) is 0 Å². The number of rotatable bonds is 3. The van der Waals surface area contributed by atoms with Gasteiger partial charge >= 0.3 is 6.03 Å². The van der Waals surface area contributed by atoms with Crippen LogP contribution in [0.25, 0.3) is 0 Å². The van der Waals surface area contributed by atoms with Gasteiger partial charge in [0.2, 0.25) is 0 Å². The number of nitrogens with two attached hydrogens (primary N) is 1. The van der Waals surface area contributed by atoms with Crippen molar-refractivity contribution in [2.24, 2.45) is 5.73 Å². The highest BCUT2D eigenvalue weighted by molar-refractivity contribution is 5.75. The Balaban J connectivity index is 2.70. The highest BCUT2D eigenvalue weighted by Crippen LogP contribution is 2.22. The molecule has 0 spiro atoms. The van der Waals surface area contributed by atoms with Crippen LogP contribution in [0.15, 0.2) is 0 Å². The molecule has 1 fully saturated rings. The summed E-state index contributed by atoms with van der Waals surface area (Å²) >= 11 is 0. The summed E-state index contributed by atoms with van der Waals surface area (Å²) in [6.45, 7) is 6.51. The van der Waals surface area contributed by atoms with Crippen LogP contribution < -0.4 is 5.73 Å². The third-order valence-corrected chi connectivity index (χ3v) is 2.92. The van der Waals surface area contributed by atoms with Crippen molar-refractivity contribution in [1.29, 1.82) is 0 Å². The molecule has 1 saturated heterocycles. The molecule has 0 aromatic carbocycles. The Kier molecular flexibility index (Phi) is 3.37. The van der Waals surface area contributed by atoms with Gasteiger partial charge in [-0.25, -0.2) is 4.79 Å². The van der Waals surface area contributed by atoms with Crippen molar-refractivity contribution in [3.8, 4) is 0 Å². The first-order valence-corrected chi connectivity index (χ1v) is 5.22. The van der Waals surface area contributed by atoms with Gasteiger partial charge < -0.3 is 15.5 Å². The molecule has 1 aliphatic heterocycles. The fourth-order valence-corrected chi connectivity index (χ4v) is 1.91. The minimum Gasteiger partial charge on any atom is -0.330 e. The number of carbonyl (C=O) groups excluding carboxylic acids is 1. The Hall–Kier alpha value is -0.770. The average Bonchev–Trinajstić information content (AvgIpc) is 2.09. The van der Waals surface area contributed by atoms with E-state index in [0.717, 1.165) is 25.9 Å². The van der Waals surface area contributed by atoms with Gasteiger partial charge in [-0.3, -0.25) is 0 Å². The van der Waals surface area contributed by atoms with E-state index in [1.54, 1.807) is 4.90 Å². The van der Waals surface area contributed by atoms with Crippen LogP contribution in [-0.2, 0) is 0 Å². The topological polar surface area (TPSA) is 49.6 Å². The summed E-state index contributed by atoms with van der Waals surface area (Å²) in [5.41, 5.74) is 5.44. The second-order valence-electron chi connectivity index (χ2n) is 4.56. The van der Waals surface area contributed by atoms with Crippen LogP contribution in [-0.4, -0.2) is 48.1 Å². The van der Waals surface area contributed by atoms with Crippen molar-refractivity contribution in [3.63, 3.8) is 0 Å². The molecule has 0 aromatic heterocycles. The normalized spacial score (nSPS) is 19.0. The van der Waals surface area contributed by atoms with Crippen LogP contribution in [0.2, 0.25) is 0 Å². The first kappa shape index (κ1) is 11.3. The number of carbonyl (C=O) groups is 1. The molecule has 4 heteroatoms. The van der Waals surface area contributed by atoms with E-state index in [1.165, 1.54) is 0 Å². The van der Waals surface area contributed by atoms with Crippen molar-refractivity contribution in [1.82, 2.24) is 9.80 Å². The molecule has 0 bridgehead atoms. The van der Waals surface area contributed by atoms with Crippen molar-refractivity contribution in [2.45, 2.75) is 32.2 Å². The maximum Gasteiger partial charge on any atom is 0.320 e. The van der Waals surface area contributed by atoms with Crippen LogP contribution in [0.1, 0.15) is 26.7 Å². The van der Waals surface area contributed by atoms with Gasteiger partial charge in [0.1, 0.15) is 0 Å². The smallest absolute Gasteiger partial charge is 0.320 e. The Morgan fingerprint density at radius 3 is 2.64 bits per heavy atom. The van der Waals surface area contributed by atoms with Gasteiger partial charge in [0, 0.05) is 25.7 Å². The Labute approximate surface area is 86.0 Å². The van der Waals surface area contributed by atoms with E-state index < -0.39 is 0 Å². The molecule has 1 rings (SSSR count). The molecule has 0 aliphatic carbocycles. The monoisotopic (exact) mass is 199 g/mol. The zero-order valence-electron chi connectivity index (χ0n) is 9.42. The van der Waals surface area contributed by atoms with Crippen molar-refractivity contribution in [3.05, 3.63) is 0 Å². The van der Waals surface area contributed by atoms with E-state index in [4.69, 9.17) is 5.73 Å². The summed E-state index contributed by atoms with van der Waals surface area (Å²) in [5.74, 6) is 0. The van der Waals surface area contributed by atoms with Crippen molar-refractivity contribution >= 4 is 6.03 Å². The Morgan fingerprint density at radius 2 is 2.07 bits per heavy atom. The van der Waals surface area contributed by atoms with Gasteiger partial charge in [-0.2, -0.15) is 0 Å². The fourth-order valence-electron chi connectivity index (χ4n) is 1.91. The SMILES string of the molecule is CN1CCCN(C(C)(C)CCN)C1=O. The maximum absolute atomic E-state index is 11.9. The van der Waals surface area contributed by atoms with Gasteiger partial charge in [0.25, 0.3) is 0 Å². The van der Waals surface area contributed by atoms with E-state index >= 15 is 0 Å². The molecule has 1 heterocycles. The molecule has 0 aromatic rings. The molecular weight excluding hydrogens is 178 g/mol. The highest BCUT2D eigenvalue weighted by atomic mass is 16.2. The number of urea groups is 1. The van der Waals surface area contributed by atoms with E-state index in [-0.39, 0.29) is 11.6 Å². The van der Waals surface area contributed by atoms with Crippen LogP contribution in [0.3, 0.4) is 0 Å². The lowest BCUT2D eigenvalue weighted by atomic mass is 9.97. The van der Waals surface area contributed by atoms with Gasteiger partial charge in [-0.1, -0.05) is 0 Å². The standard InChI is InChI=1S/C10H21N3O/c1-10(2,5-6-11)13-8-4-7-12(3)9(13)14/h4-8,11H2,1-3H3. The molecule has 2 N–H and O–H groups in total. The van der Waals surface area contributed by atoms with E-state index in [2.05, 4.69) is 13.8 Å². The third-order valence-electron chi connectivity index (χ3n) is 2.92. The summed E-state index contributed by atoms with van der Waals surface area (Å²) in [5, 5.41) is 0. The van der Waals surface area contributed by atoms with Gasteiger partial charge in [-0.05, 0) is 33.2 Å². The summed E-state index contributed by atoms with van der Waals surface area (Å²) < 4.78 is 0. The summed E-state index contributed by atoms with van der Waals surface area (Å²) in [6, 6.07) is 0.134. The highest BCUT2D eigenvalue weighted by Gasteiger charge is 2.33. The lowest BCUT2D eigenvalue weighted by molar-refractivity contribution is 0.0821. The molecule has 82 valence electrons. The van der Waals surface area contributed by atoms with Crippen molar-refractivity contribution < 1.29 is 4.79 Å². The zero-order valence-corrected chi connectivity index (χ0v) is 9.42. The number of hydrogen-bond acceptors (Lipinski definition) is 2. The Morgan fingerprint density at radius 1 is 1.43 bits per heavy atom. The molecule has 2 amide bonds. The average molecular weight is 199 g/mol. The lowest BCUT2D eigenvalue weighted by Gasteiger charge is -2.43. The van der Waals surface area contributed by atoms with E-state index in [9.17, 15) is 4.79 Å². The lowest BCUT2D eigenvalue weighted by Crippen LogP contribution is -2.56. The number of nitrogens with zero attached hydrogens (tertiary/aromatic N) is 2. The molecule has 0 atom stereocenters. The molecule has 4 nitrogen and oxygen atoms in total. The summed E-state index contributed by atoms with van der Waals surface area (Å²) in [6.07, 6.45) is 1.91. The quantitative estimate of drug-likeness (QED) is 0.733. The first-order chi connectivity index (χ1) is 6.49. The largest absolute Gasteiger partial charge is 0.330 e. The zero-order chi connectivity index (χ0) is 10.8. The van der Waals surface area contributed by atoms with E-state index in [1.807, 2.05) is 11.9 Å². The molecule has 0 unspecified atom stereocenters. The summed E-state index contributed by atoms with van der Waals surface area (Å²) in [4.78, 5) is 15.6. The van der Waals surface area contributed by atoms with Gasteiger partial charge in [-0.15, -0.1) is 0 Å². The van der Waals surface area contributed by atoms with Gasteiger partial charge in [0.05, 0.1) is 0 Å². The minimum atomic E-state index is -0.111. The van der Waals surface area contributed by atoms with Gasteiger partial charge in [0.15, 0.2) is 0 Å². The fraction of sp³-hybridized carbons (Fsp3) is 0.900.